The van der Waals surface area contributed by atoms with Gasteiger partial charge >= 0.3 is 0 Å². The predicted octanol–water partition coefficient (Wildman–Crippen LogP) is 4.03. The molecule has 108 valence electrons. The molecule has 0 N–H and O–H groups in total. The fourth-order valence-corrected chi connectivity index (χ4v) is 2.21. The number of nitro benzene ring substituents is 2. The number of nitrogens with zero attached hydrogens (tertiary/aromatic N) is 2. The molecule has 21 heavy (non-hydrogen) atoms. The van der Waals surface area contributed by atoms with Gasteiger partial charge in [0.05, 0.1) is 15.2 Å². The summed E-state index contributed by atoms with van der Waals surface area (Å²) in [6.45, 7) is 0. The van der Waals surface area contributed by atoms with Crippen molar-refractivity contribution in [3.63, 3.8) is 0 Å². The molecule has 1 unspecified atom stereocenters. The Morgan fingerprint density at radius 2 is 1.29 bits per heavy atom. The summed E-state index contributed by atoms with van der Waals surface area (Å²) in [4.78, 5) is 20.2. The minimum atomic E-state index is -0.469. The van der Waals surface area contributed by atoms with E-state index in [0.717, 1.165) is 11.1 Å². The molecule has 0 heterocycles. The Morgan fingerprint density at radius 3 is 1.71 bits per heavy atom. The fraction of sp³-hybridized carbons (Fsp3) is 0.143. The second kappa shape index (κ2) is 6.32. The number of non-ortho nitro benzene ring substituents is 2. The second-order valence-electron chi connectivity index (χ2n) is 4.44. The van der Waals surface area contributed by atoms with Crippen molar-refractivity contribution >= 4 is 23.0 Å². The van der Waals surface area contributed by atoms with Gasteiger partial charge in [-0.25, -0.2) is 0 Å². The quantitative estimate of drug-likeness (QED) is 0.474. The van der Waals surface area contributed by atoms with E-state index in [0.29, 0.717) is 6.42 Å². The Labute approximate surface area is 125 Å². The van der Waals surface area contributed by atoms with E-state index in [1.165, 1.54) is 24.3 Å². The normalized spacial score (nSPS) is 11.9. The van der Waals surface area contributed by atoms with Gasteiger partial charge in [0.15, 0.2) is 0 Å². The van der Waals surface area contributed by atoms with Crippen molar-refractivity contribution in [2.75, 3.05) is 0 Å². The average molecular weight is 307 g/mol. The molecule has 0 aliphatic carbocycles. The van der Waals surface area contributed by atoms with Crippen LogP contribution in [0.2, 0.25) is 0 Å². The zero-order valence-electron chi connectivity index (χ0n) is 10.8. The van der Waals surface area contributed by atoms with Gasteiger partial charge in [0.1, 0.15) is 0 Å². The highest BCUT2D eigenvalue weighted by atomic mass is 35.5. The van der Waals surface area contributed by atoms with E-state index in [1.807, 2.05) is 0 Å². The van der Waals surface area contributed by atoms with Gasteiger partial charge in [0, 0.05) is 24.3 Å². The molecular weight excluding hydrogens is 296 g/mol. The summed E-state index contributed by atoms with van der Waals surface area (Å²) in [5.74, 6) is 0. The first kappa shape index (κ1) is 14.9. The van der Waals surface area contributed by atoms with Crippen LogP contribution >= 0.6 is 11.6 Å². The Morgan fingerprint density at radius 1 is 0.857 bits per heavy atom. The van der Waals surface area contributed by atoms with Gasteiger partial charge in [0.25, 0.3) is 11.4 Å². The van der Waals surface area contributed by atoms with E-state index in [2.05, 4.69) is 0 Å². The summed E-state index contributed by atoms with van der Waals surface area (Å²) in [6.07, 6.45) is 0.483. The van der Waals surface area contributed by atoms with E-state index in [-0.39, 0.29) is 16.8 Å². The highest BCUT2D eigenvalue weighted by Gasteiger charge is 2.12. The summed E-state index contributed by atoms with van der Waals surface area (Å²) < 4.78 is 0. The molecule has 2 aromatic carbocycles. The highest BCUT2D eigenvalue weighted by Crippen LogP contribution is 2.27. The third kappa shape index (κ3) is 3.76. The standard InChI is InChI=1S/C14H11ClN2O4/c15-14(11-3-7-13(8-4-11)17(20)21)9-10-1-5-12(6-2-10)16(18)19/h1-8,14H,9H2. The van der Waals surface area contributed by atoms with Gasteiger partial charge in [-0.1, -0.05) is 24.3 Å². The largest absolute Gasteiger partial charge is 0.269 e. The minimum Gasteiger partial charge on any atom is -0.258 e. The van der Waals surface area contributed by atoms with Gasteiger partial charge in [-0.3, -0.25) is 20.2 Å². The molecule has 0 aliphatic rings. The number of benzene rings is 2. The summed E-state index contributed by atoms with van der Waals surface area (Å²) >= 11 is 6.27. The molecule has 0 aliphatic heterocycles. The van der Waals surface area contributed by atoms with Gasteiger partial charge in [0.2, 0.25) is 0 Å². The SMILES string of the molecule is O=[N+]([O-])c1ccc(CC(Cl)c2ccc([N+](=O)[O-])cc2)cc1. The lowest BCUT2D eigenvalue weighted by molar-refractivity contribution is -0.385. The van der Waals surface area contributed by atoms with Crippen LogP contribution in [0.1, 0.15) is 16.5 Å². The minimum absolute atomic E-state index is 0.0120. The first-order chi connectivity index (χ1) is 9.97. The average Bonchev–Trinajstić information content (AvgIpc) is 2.47. The summed E-state index contributed by atoms with van der Waals surface area (Å²) in [5, 5.41) is 20.8. The Hall–Kier alpha value is -2.47. The van der Waals surface area contributed by atoms with Crippen molar-refractivity contribution < 1.29 is 9.85 Å². The molecule has 0 bridgehead atoms. The van der Waals surface area contributed by atoms with Crippen LogP contribution in [-0.4, -0.2) is 9.85 Å². The Bertz CT molecular complexity index is 656. The highest BCUT2D eigenvalue weighted by molar-refractivity contribution is 6.20. The first-order valence-corrected chi connectivity index (χ1v) is 6.53. The van der Waals surface area contributed by atoms with Crippen LogP contribution in [0.15, 0.2) is 48.5 Å². The summed E-state index contributed by atoms with van der Waals surface area (Å²) in [5.41, 5.74) is 1.66. The molecule has 6 nitrogen and oxygen atoms in total. The predicted molar refractivity (Wildman–Crippen MR) is 78.5 cm³/mol. The van der Waals surface area contributed by atoms with E-state index >= 15 is 0 Å². The molecule has 0 radical (unpaired) electrons. The van der Waals surface area contributed by atoms with Gasteiger partial charge < -0.3 is 0 Å². The van der Waals surface area contributed by atoms with Gasteiger partial charge in [-0.15, -0.1) is 11.6 Å². The monoisotopic (exact) mass is 306 g/mol. The van der Waals surface area contributed by atoms with Crippen LogP contribution in [0.3, 0.4) is 0 Å². The van der Waals surface area contributed by atoms with Crippen LogP contribution in [0.5, 0.6) is 0 Å². The molecule has 0 saturated carbocycles. The van der Waals surface area contributed by atoms with Crippen LogP contribution in [0.25, 0.3) is 0 Å². The lowest BCUT2D eigenvalue weighted by Crippen LogP contribution is -1.97. The molecule has 0 fully saturated rings. The van der Waals surface area contributed by atoms with Crippen LogP contribution in [0, 0.1) is 20.2 Å². The molecular formula is C14H11ClN2O4. The van der Waals surface area contributed by atoms with E-state index in [9.17, 15) is 20.2 Å². The second-order valence-corrected chi connectivity index (χ2v) is 4.97. The maximum absolute atomic E-state index is 10.6. The molecule has 0 saturated heterocycles. The van der Waals surface area contributed by atoms with Crippen molar-refractivity contribution in [2.24, 2.45) is 0 Å². The molecule has 1 atom stereocenters. The smallest absolute Gasteiger partial charge is 0.258 e. The van der Waals surface area contributed by atoms with Crippen molar-refractivity contribution in [2.45, 2.75) is 11.8 Å². The molecule has 7 heteroatoms. The number of hydrogen-bond acceptors (Lipinski definition) is 4. The summed E-state index contributed by atoms with van der Waals surface area (Å²) in [7, 11) is 0. The fourth-order valence-electron chi connectivity index (χ4n) is 1.88. The van der Waals surface area contributed by atoms with Crippen LogP contribution in [-0.2, 0) is 6.42 Å². The van der Waals surface area contributed by atoms with Crippen LogP contribution in [0.4, 0.5) is 11.4 Å². The third-order valence-electron chi connectivity index (χ3n) is 3.03. The number of hydrogen-bond donors (Lipinski definition) is 0. The number of rotatable bonds is 5. The van der Waals surface area contributed by atoms with Gasteiger partial charge in [-0.2, -0.15) is 0 Å². The maximum atomic E-state index is 10.6. The zero-order valence-corrected chi connectivity index (χ0v) is 11.6. The Balaban J connectivity index is 2.08. The zero-order chi connectivity index (χ0) is 15.4. The lowest BCUT2D eigenvalue weighted by atomic mass is 10.0. The number of halogens is 1. The van der Waals surface area contributed by atoms with E-state index in [4.69, 9.17) is 11.6 Å². The third-order valence-corrected chi connectivity index (χ3v) is 3.43. The van der Waals surface area contributed by atoms with Crippen molar-refractivity contribution in [1.82, 2.24) is 0 Å². The van der Waals surface area contributed by atoms with Crippen molar-refractivity contribution in [3.05, 3.63) is 79.9 Å². The van der Waals surface area contributed by atoms with Crippen molar-refractivity contribution in [3.8, 4) is 0 Å². The van der Waals surface area contributed by atoms with E-state index < -0.39 is 9.85 Å². The molecule has 0 amide bonds. The van der Waals surface area contributed by atoms with E-state index in [1.54, 1.807) is 24.3 Å². The topological polar surface area (TPSA) is 86.3 Å². The number of nitro groups is 2. The number of alkyl halides is 1. The molecule has 0 aromatic heterocycles. The molecule has 2 rings (SSSR count). The van der Waals surface area contributed by atoms with Crippen molar-refractivity contribution in [1.29, 1.82) is 0 Å². The Kier molecular flexibility index (Phi) is 4.49. The maximum Gasteiger partial charge on any atom is 0.269 e. The van der Waals surface area contributed by atoms with Gasteiger partial charge in [-0.05, 0) is 17.5 Å². The van der Waals surface area contributed by atoms with Crippen LogP contribution < -0.4 is 0 Å². The summed E-state index contributed by atoms with van der Waals surface area (Å²) in [6, 6.07) is 12.2. The first-order valence-electron chi connectivity index (χ1n) is 6.09. The molecule has 2 aromatic rings. The lowest BCUT2D eigenvalue weighted by Gasteiger charge is -2.09. The molecule has 0 spiro atoms.